The summed E-state index contributed by atoms with van der Waals surface area (Å²) in [7, 11) is 3.49. The van der Waals surface area contributed by atoms with Gasteiger partial charge in [-0.1, -0.05) is 12.1 Å². The Morgan fingerprint density at radius 3 is 2.86 bits per heavy atom. The number of hydrogen-bond donors (Lipinski definition) is 1. The quantitative estimate of drug-likeness (QED) is 0.920. The van der Waals surface area contributed by atoms with Crippen molar-refractivity contribution in [2.45, 2.75) is 18.8 Å². The summed E-state index contributed by atoms with van der Waals surface area (Å²) in [6.45, 7) is 2.18. The van der Waals surface area contributed by atoms with E-state index in [-0.39, 0.29) is 0 Å². The van der Waals surface area contributed by atoms with Gasteiger partial charge < -0.3 is 14.1 Å². The van der Waals surface area contributed by atoms with Crippen LogP contribution in [0.2, 0.25) is 0 Å². The van der Waals surface area contributed by atoms with Crippen LogP contribution in [0, 0.1) is 0 Å². The van der Waals surface area contributed by atoms with E-state index in [4.69, 9.17) is 4.42 Å². The molecule has 2 aromatic rings. The molecule has 5 nitrogen and oxygen atoms in total. The predicted molar refractivity (Wildman–Crippen MR) is 81.7 cm³/mol. The lowest BCUT2D eigenvalue weighted by Gasteiger charge is -2.27. The summed E-state index contributed by atoms with van der Waals surface area (Å²) in [6, 6.07) is 7.82. The number of para-hydroxylation sites is 1. The molecule has 0 bridgehead atoms. The number of furan rings is 1. The van der Waals surface area contributed by atoms with Crippen LogP contribution in [-0.4, -0.2) is 38.2 Å². The number of likely N-dealkylation sites (tertiary alicyclic amines) is 1. The Kier molecular flexibility index (Phi) is 3.84. The van der Waals surface area contributed by atoms with Crippen LogP contribution >= 0.6 is 0 Å². The van der Waals surface area contributed by atoms with Gasteiger partial charge in [0.15, 0.2) is 5.58 Å². The first-order chi connectivity index (χ1) is 10.2. The van der Waals surface area contributed by atoms with Gasteiger partial charge in [-0.25, -0.2) is 4.79 Å². The third-order valence-electron chi connectivity index (χ3n) is 4.11. The molecule has 1 saturated heterocycles. The summed E-state index contributed by atoms with van der Waals surface area (Å²) in [4.78, 5) is 13.7. The first kappa shape index (κ1) is 13.9. The highest BCUT2D eigenvalue weighted by Crippen LogP contribution is 2.34. The third-order valence-corrected chi connectivity index (χ3v) is 4.11. The lowest BCUT2D eigenvalue weighted by Crippen LogP contribution is -2.29. The van der Waals surface area contributed by atoms with E-state index in [2.05, 4.69) is 28.1 Å². The van der Waals surface area contributed by atoms with E-state index in [0.29, 0.717) is 11.6 Å². The van der Waals surface area contributed by atoms with Crippen LogP contribution in [0.4, 0.5) is 10.5 Å². The number of rotatable bonds is 2. The van der Waals surface area contributed by atoms with E-state index < -0.39 is 6.09 Å². The number of piperidine rings is 1. The topological polar surface area (TPSA) is 54.7 Å². The minimum absolute atomic E-state index is 0.458. The zero-order valence-corrected chi connectivity index (χ0v) is 12.4. The monoisotopic (exact) mass is 288 g/mol. The summed E-state index contributed by atoms with van der Waals surface area (Å²) >= 11 is 0. The first-order valence-corrected chi connectivity index (χ1v) is 7.23. The SMILES string of the molecule is COC(=O)Nc1cccc2cc(C3CCN(C)CC3)oc12. The van der Waals surface area contributed by atoms with Crippen molar-refractivity contribution in [1.29, 1.82) is 0 Å². The molecule has 0 atom stereocenters. The number of amides is 1. The van der Waals surface area contributed by atoms with Crippen LogP contribution in [0.1, 0.15) is 24.5 Å². The number of benzene rings is 1. The van der Waals surface area contributed by atoms with Crippen molar-refractivity contribution in [2.75, 3.05) is 32.6 Å². The summed E-state index contributed by atoms with van der Waals surface area (Å²) in [5, 5.41) is 3.71. The molecule has 21 heavy (non-hydrogen) atoms. The number of fused-ring (bicyclic) bond motifs is 1. The Hall–Kier alpha value is -2.01. The van der Waals surface area contributed by atoms with Crippen molar-refractivity contribution in [3.8, 4) is 0 Å². The minimum Gasteiger partial charge on any atom is -0.459 e. The second-order valence-electron chi connectivity index (χ2n) is 5.57. The van der Waals surface area contributed by atoms with Gasteiger partial charge in [0.25, 0.3) is 0 Å². The van der Waals surface area contributed by atoms with Crippen LogP contribution in [0.3, 0.4) is 0 Å². The van der Waals surface area contributed by atoms with Gasteiger partial charge in [-0.3, -0.25) is 5.32 Å². The lowest BCUT2D eigenvalue weighted by molar-refractivity contribution is 0.187. The molecule has 112 valence electrons. The highest BCUT2D eigenvalue weighted by Gasteiger charge is 2.22. The second kappa shape index (κ2) is 5.77. The van der Waals surface area contributed by atoms with Crippen molar-refractivity contribution >= 4 is 22.7 Å². The summed E-state index contributed by atoms with van der Waals surface area (Å²) in [6.07, 6.45) is 1.73. The fraction of sp³-hybridized carbons (Fsp3) is 0.438. The zero-order chi connectivity index (χ0) is 14.8. The number of anilines is 1. The molecule has 1 N–H and O–H groups in total. The molecule has 5 heteroatoms. The molecule has 0 unspecified atom stereocenters. The number of hydrogen-bond acceptors (Lipinski definition) is 4. The third kappa shape index (κ3) is 2.88. The normalized spacial score (nSPS) is 17.0. The number of nitrogens with zero attached hydrogens (tertiary/aromatic N) is 1. The largest absolute Gasteiger partial charge is 0.459 e. The van der Waals surface area contributed by atoms with E-state index in [9.17, 15) is 4.79 Å². The molecule has 1 aliphatic heterocycles. The van der Waals surface area contributed by atoms with Crippen LogP contribution in [0.5, 0.6) is 0 Å². The molecule has 1 aromatic heterocycles. The Bertz CT molecular complexity index is 642. The summed E-state index contributed by atoms with van der Waals surface area (Å²) in [5.41, 5.74) is 1.37. The number of methoxy groups -OCH3 is 1. The first-order valence-electron chi connectivity index (χ1n) is 7.23. The smallest absolute Gasteiger partial charge is 0.411 e. The van der Waals surface area contributed by atoms with Gasteiger partial charge in [0.1, 0.15) is 5.76 Å². The maximum absolute atomic E-state index is 11.4. The Morgan fingerprint density at radius 2 is 2.14 bits per heavy atom. The summed E-state index contributed by atoms with van der Waals surface area (Å²) < 4.78 is 10.7. The Balaban J connectivity index is 1.89. The maximum atomic E-state index is 11.4. The van der Waals surface area contributed by atoms with Crippen LogP contribution in [0.15, 0.2) is 28.7 Å². The number of ether oxygens (including phenoxy) is 1. The van der Waals surface area contributed by atoms with Crippen molar-refractivity contribution < 1.29 is 13.9 Å². The zero-order valence-electron chi connectivity index (χ0n) is 12.4. The summed E-state index contributed by atoms with van der Waals surface area (Å²) in [5.74, 6) is 1.47. The van der Waals surface area contributed by atoms with Crippen molar-refractivity contribution in [3.63, 3.8) is 0 Å². The molecule has 0 aliphatic carbocycles. The molecule has 1 aliphatic rings. The van der Waals surface area contributed by atoms with Gasteiger partial charge in [0, 0.05) is 11.3 Å². The van der Waals surface area contributed by atoms with Crippen LogP contribution in [-0.2, 0) is 4.74 Å². The standard InChI is InChI=1S/C16H20N2O3/c1-18-8-6-11(7-9-18)14-10-12-4-3-5-13(15(12)21-14)17-16(19)20-2/h3-5,10-11H,6-9H2,1-2H3,(H,17,19). The second-order valence-corrected chi connectivity index (χ2v) is 5.57. The molecule has 0 spiro atoms. The van der Waals surface area contributed by atoms with Gasteiger partial charge in [-0.05, 0) is 45.1 Å². The molecule has 3 rings (SSSR count). The Labute approximate surface area is 123 Å². The predicted octanol–water partition coefficient (Wildman–Crippen LogP) is 3.42. The van der Waals surface area contributed by atoms with Gasteiger partial charge in [0.2, 0.25) is 0 Å². The average molecular weight is 288 g/mol. The van der Waals surface area contributed by atoms with Crippen molar-refractivity contribution in [1.82, 2.24) is 4.90 Å². The van der Waals surface area contributed by atoms with Gasteiger partial charge in [-0.15, -0.1) is 0 Å². The van der Waals surface area contributed by atoms with E-state index >= 15 is 0 Å². The molecule has 1 amide bonds. The lowest BCUT2D eigenvalue weighted by atomic mass is 9.94. The molecule has 1 aromatic carbocycles. The maximum Gasteiger partial charge on any atom is 0.411 e. The van der Waals surface area contributed by atoms with E-state index in [1.54, 1.807) is 0 Å². The van der Waals surface area contributed by atoms with E-state index in [1.165, 1.54) is 7.11 Å². The minimum atomic E-state index is -0.486. The number of carbonyl (C=O) groups is 1. The fourth-order valence-electron chi connectivity index (χ4n) is 2.84. The fourth-order valence-corrected chi connectivity index (χ4v) is 2.84. The molecule has 1 fully saturated rings. The number of carbonyl (C=O) groups excluding carboxylic acids is 1. The molecular weight excluding hydrogens is 268 g/mol. The van der Waals surface area contributed by atoms with Gasteiger partial charge >= 0.3 is 6.09 Å². The molecule has 0 saturated carbocycles. The van der Waals surface area contributed by atoms with Crippen LogP contribution < -0.4 is 5.32 Å². The van der Waals surface area contributed by atoms with Crippen LogP contribution in [0.25, 0.3) is 11.0 Å². The van der Waals surface area contributed by atoms with Gasteiger partial charge in [0.05, 0.1) is 12.8 Å². The van der Waals surface area contributed by atoms with Crippen molar-refractivity contribution in [2.24, 2.45) is 0 Å². The van der Waals surface area contributed by atoms with Gasteiger partial charge in [-0.2, -0.15) is 0 Å². The van der Waals surface area contributed by atoms with Crippen molar-refractivity contribution in [3.05, 3.63) is 30.0 Å². The Morgan fingerprint density at radius 1 is 1.38 bits per heavy atom. The highest BCUT2D eigenvalue weighted by molar-refractivity contribution is 5.97. The molecular formula is C16H20N2O3. The average Bonchev–Trinajstić information content (AvgIpc) is 2.93. The van der Waals surface area contributed by atoms with E-state index in [0.717, 1.165) is 42.7 Å². The molecule has 2 heterocycles. The molecule has 0 radical (unpaired) electrons. The number of nitrogens with one attached hydrogen (secondary N) is 1. The highest BCUT2D eigenvalue weighted by atomic mass is 16.5. The van der Waals surface area contributed by atoms with E-state index in [1.807, 2.05) is 18.2 Å².